The minimum absolute atomic E-state index is 0.0967. The number of thiocarbonyl (C=S) groups is 1. The van der Waals surface area contributed by atoms with E-state index in [9.17, 15) is 4.79 Å². The van der Waals surface area contributed by atoms with Crippen LogP contribution < -0.4 is 11.1 Å². The third-order valence-corrected chi connectivity index (χ3v) is 2.29. The molecule has 0 aliphatic rings. The molecule has 0 unspecified atom stereocenters. The van der Waals surface area contributed by atoms with Crippen molar-refractivity contribution in [1.29, 1.82) is 0 Å². The van der Waals surface area contributed by atoms with Crippen LogP contribution in [-0.4, -0.2) is 17.4 Å². The number of carbonyl (C=O) groups excluding carboxylic acids is 1. The van der Waals surface area contributed by atoms with Gasteiger partial charge in [0.1, 0.15) is 0 Å². The first-order valence-corrected chi connectivity index (χ1v) is 5.68. The predicted octanol–water partition coefficient (Wildman–Crippen LogP) is 1.41. The third-order valence-electron chi connectivity index (χ3n) is 2.14. The number of benzene rings is 1. The Morgan fingerprint density at radius 3 is 2.62 bits per heavy atom. The minimum Gasteiger partial charge on any atom is -0.393 e. The van der Waals surface area contributed by atoms with Crippen LogP contribution in [0, 0.1) is 0 Å². The maximum atomic E-state index is 11.2. The Morgan fingerprint density at radius 1 is 1.31 bits per heavy atom. The number of amides is 1. The normalized spacial score (nSPS) is 9.75. The van der Waals surface area contributed by atoms with Crippen LogP contribution in [0.3, 0.4) is 0 Å². The highest BCUT2D eigenvalue weighted by Gasteiger charge is 2.01. The van der Waals surface area contributed by atoms with Crippen molar-refractivity contribution >= 4 is 23.1 Å². The van der Waals surface area contributed by atoms with Crippen LogP contribution >= 0.6 is 12.2 Å². The lowest BCUT2D eigenvalue weighted by Gasteiger charge is -2.04. The molecule has 0 saturated heterocycles. The highest BCUT2D eigenvalue weighted by molar-refractivity contribution is 7.80. The molecule has 0 fully saturated rings. The largest absolute Gasteiger partial charge is 0.393 e. The van der Waals surface area contributed by atoms with E-state index >= 15 is 0 Å². The maximum Gasteiger partial charge on any atom is 0.226 e. The smallest absolute Gasteiger partial charge is 0.226 e. The zero-order valence-electron chi connectivity index (χ0n) is 9.11. The van der Waals surface area contributed by atoms with Crippen LogP contribution in [0.1, 0.15) is 18.4 Å². The van der Waals surface area contributed by atoms with Crippen LogP contribution in [-0.2, 0) is 11.2 Å². The number of rotatable bonds is 6. The summed E-state index contributed by atoms with van der Waals surface area (Å²) in [4.78, 5) is 11.4. The second-order valence-electron chi connectivity index (χ2n) is 3.58. The molecule has 3 nitrogen and oxygen atoms in total. The molecule has 0 atom stereocenters. The van der Waals surface area contributed by atoms with Crippen molar-refractivity contribution in [2.24, 2.45) is 5.73 Å². The summed E-state index contributed by atoms with van der Waals surface area (Å²) in [5, 5.41) is 2.78. The SMILES string of the molecule is NC(=S)CC(=O)NCCCc1ccccc1. The molecule has 0 spiro atoms. The van der Waals surface area contributed by atoms with Crippen LogP contribution in [0.15, 0.2) is 30.3 Å². The van der Waals surface area contributed by atoms with E-state index in [2.05, 4.69) is 29.7 Å². The van der Waals surface area contributed by atoms with E-state index in [1.807, 2.05) is 18.2 Å². The number of carbonyl (C=O) groups is 1. The quantitative estimate of drug-likeness (QED) is 0.580. The number of nitrogens with two attached hydrogens (primary N) is 1. The Hall–Kier alpha value is -1.42. The molecule has 0 aliphatic heterocycles. The Morgan fingerprint density at radius 2 is 2.00 bits per heavy atom. The summed E-state index contributed by atoms with van der Waals surface area (Å²) in [5.74, 6) is -0.0967. The summed E-state index contributed by atoms with van der Waals surface area (Å²) in [6.07, 6.45) is 2.03. The van der Waals surface area contributed by atoms with E-state index in [0.717, 1.165) is 12.8 Å². The number of hydrogen-bond acceptors (Lipinski definition) is 2. The van der Waals surface area contributed by atoms with Gasteiger partial charge < -0.3 is 11.1 Å². The molecule has 0 radical (unpaired) electrons. The van der Waals surface area contributed by atoms with Gasteiger partial charge in [0.15, 0.2) is 0 Å². The molecule has 1 rings (SSSR count). The summed E-state index contributed by atoms with van der Waals surface area (Å²) in [6, 6.07) is 10.2. The predicted molar refractivity (Wildman–Crippen MR) is 69.2 cm³/mol. The standard InChI is InChI=1S/C12H16N2OS/c13-11(16)9-12(15)14-8-4-7-10-5-2-1-3-6-10/h1-3,5-6H,4,7-9H2,(H2,13,16)(H,14,15). The van der Waals surface area contributed by atoms with Crippen LogP contribution in [0.5, 0.6) is 0 Å². The van der Waals surface area contributed by atoms with Gasteiger partial charge in [-0.1, -0.05) is 42.5 Å². The van der Waals surface area contributed by atoms with Crippen molar-refractivity contribution in [2.45, 2.75) is 19.3 Å². The highest BCUT2D eigenvalue weighted by Crippen LogP contribution is 2.01. The zero-order valence-corrected chi connectivity index (χ0v) is 9.93. The second-order valence-corrected chi connectivity index (χ2v) is 4.11. The van der Waals surface area contributed by atoms with Crippen molar-refractivity contribution in [3.8, 4) is 0 Å². The first kappa shape index (κ1) is 12.6. The summed E-state index contributed by atoms with van der Waals surface area (Å²) in [7, 11) is 0. The Bertz CT molecular complexity index is 351. The van der Waals surface area contributed by atoms with Gasteiger partial charge in [-0.25, -0.2) is 0 Å². The van der Waals surface area contributed by atoms with Gasteiger partial charge in [0.2, 0.25) is 5.91 Å². The Labute approximate surface area is 101 Å². The molecule has 1 aromatic carbocycles. The van der Waals surface area contributed by atoms with E-state index in [1.165, 1.54) is 5.56 Å². The van der Waals surface area contributed by atoms with Crippen molar-refractivity contribution in [3.05, 3.63) is 35.9 Å². The fourth-order valence-electron chi connectivity index (χ4n) is 1.39. The van der Waals surface area contributed by atoms with Crippen molar-refractivity contribution in [1.82, 2.24) is 5.32 Å². The summed E-state index contributed by atoms with van der Waals surface area (Å²) >= 11 is 4.64. The molecule has 1 aromatic rings. The Kier molecular flexibility index (Phi) is 5.50. The summed E-state index contributed by atoms with van der Waals surface area (Å²) in [5.41, 5.74) is 6.54. The molecule has 0 heterocycles. The van der Waals surface area contributed by atoms with Gasteiger partial charge in [0.05, 0.1) is 11.4 Å². The molecule has 86 valence electrons. The first-order valence-electron chi connectivity index (χ1n) is 5.27. The molecule has 0 bridgehead atoms. The number of nitrogens with one attached hydrogen (secondary N) is 1. The zero-order chi connectivity index (χ0) is 11.8. The molecule has 4 heteroatoms. The second kappa shape index (κ2) is 6.95. The topological polar surface area (TPSA) is 55.1 Å². The number of aryl methyl sites for hydroxylation is 1. The lowest BCUT2D eigenvalue weighted by Crippen LogP contribution is -2.28. The molecule has 16 heavy (non-hydrogen) atoms. The molecular formula is C12H16N2OS. The van der Waals surface area contributed by atoms with Gasteiger partial charge in [-0.05, 0) is 18.4 Å². The van der Waals surface area contributed by atoms with Gasteiger partial charge in [0, 0.05) is 6.54 Å². The molecule has 3 N–H and O–H groups in total. The van der Waals surface area contributed by atoms with Crippen LogP contribution in [0.2, 0.25) is 0 Å². The van der Waals surface area contributed by atoms with Gasteiger partial charge >= 0.3 is 0 Å². The minimum atomic E-state index is -0.0967. The van der Waals surface area contributed by atoms with E-state index in [0.29, 0.717) is 6.54 Å². The molecule has 0 saturated carbocycles. The monoisotopic (exact) mass is 236 g/mol. The molecule has 1 amide bonds. The van der Waals surface area contributed by atoms with Crippen molar-refractivity contribution in [3.63, 3.8) is 0 Å². The lowest BCUT2D eigenvalue weighted by molar-refractivity contribution is -0.119. The van der Waals surface area contributed by atoms with Crippen LogP contribution in [0.4, 0.5) is 0 Å². The molecular weight excluding hydrogens is 220 g/mol. The highest BCUT2D eigenvalue weighted by atomic mass is 32.1. The van der Waals surface area contributed by atoms with E-state index in [-0.39, 0.29) is 17.3 Å². The molecule has 0 aliphatic carbocycles. The fourth-order valence-corrected chi connectivity index (χ4v) is 1.52. The van der Waals surface area contributed by atoms with Gasteiger partial charge in [-0.2, -0.15) is 0 Å². The molecule has 0 aromatic heterocycles. The number of hydrogen-bond donors (Lipinski definition) is 2. The van der Waals surface area contributed by atoms with Crippen molar-refractivity contribution < 1.29 is 4.79 Å². The van der Waals surface area contributed by atoms with Crippen molar-refractivity contribution in [2.75, 3.05) is 6.54 Å². The summed E-state index contributed by atoms with van der Waals surface area (Å²) in [6.45, 7) is 0.663. The Balaban J connectivity index is 2.13. The summed E-state index contributed by atoms with van der Waals surface area (Å²) < 4.78 is 0. The third kappa shape index (κ3) is 5.46. The van der Waals surface area contributed by atoms with E-state index in [1.54, 1.807) is 0 Å². The first-order chi connectivity index (χ1) is 7.68. The van der Waals surface area contributed by atoms with Gasteiger partial charge in [0.25, 0.3) is 0 Å². The lowest BCUT2D eigenvalue weighted by atomic mass is 10.1. The van der Waals surface area contributed by atoms with Gasteiger partial charge in [-0.15, -0.1) is 0 Å². The van der Waals surface area contributed by atoms with Gasteiger partial charge in [-0.3, -0.25) is 4.79 Å². The van der Waals surface area contributed by atoms with Crippen LogP contribution in [0.25, 0.3) is 0 Å². The maximum absolute atomic E-state index is 11.2. The average molecular weight is 236 g/mol. The fraction of sp³-hybridized carbons (Fsp3) is 0.333. The van der Waals surface area contributed by atoms with E-state index < -0.39 is 0 Å². The average Bonchev–Trinajstić information content (AvgIpc) is 2.25. The van der Waals surface area contributed by atoms with E-state index in [4.69, 9.17) is 5.73 Å².